The molecule has 1 atom stereocenters. The Morgan fingerprint density at radius 1 is 1.47 bits per heavy atom. The van der Waals surface area contributed by atoms with E-state index in [2.05, 4.69) is 4.90 Å². The Morgan fingerprint density at radius 2 is 2.27 bits per heavy atom. The average molecular weight is 232 g/mol. The number of aliphatic hydroxyl groups excluding tert-OH is 1. The Morgan fingerprint density at radius 3 is 2.93 bits per heavy atom. The van der Waals surface area contributed by atoms with Gasteiger partial charge in [-0.15, -0.1) is 0 Å². The van der Waals surface area contributed by atoms with Crippen molar-refractivity contribution in [2.45, 2.75) is 25.3 Å². The normalized spacial score (nSPS) is 22.9. The first-order valence-corrected chi connectivity index (χ1v) is 5.88. The van der Waals surface area contributed by atoms with Crippen molar-refractivity contribution in [2.75, 3.05) is 32.9 Å². The topological polar surface area (TPSA) is 58.7 Å². The highest BCUT2D eigenvalue weighted by Crippen LogP contribution is 2.16. The molecule has 0 aliphatic carbocycles. The van der Waals surface area contributed by atoms with Crippen LogP contribution >= 0.6 is 12.2 Å². The zero-order valence-electron chi connectivity index (χ0n) is 9.02. The number of thiocarbonyl (C=S) groups is 1. The molecule has 0 spiro atoms. The maximum Gasteiger partial charge on any atom is 0.0902 e. The first-order valence-electron chi connectivity index (χ1n) is 5.47. The van der Waals surface area contributed by atoms with Crippen LogP contribution in [-0.2, 0) is 4.74 Å². The molecule has 5 heteroatoms. The number of likely N-dealkylation sites (tertiary alicyclic amines) is 1. The lowest BCUT2D eigenvalue weighted by atomic mass is 10.0. The predicted octanol–water partition coefficient (Wildman–Crippen LogP) is 0.136. The van der Waals surface area contributed by atoms with Crippen molar-refractivity contribution in [1.29, 1.82) is 0 Å². The van der Waals surface area contributed by atoms with Crippen LogP contribution in [0.1, 0.15) is 19.3 Å². The lowest BCUT2D eigenvalue weighted by Gasteiger charge is -2.34. The molecule has 4 nitrogen and oxygen atoms in total. The standard InChI is InChI=1S/C10H20N2O2S/c11-10(15)9-3-1-2-4-12(9)5-7-14-8-6-13/h9,13H,1-8H2,(H2,11,15). The number of ether oxygens (including phenoxy) is 1. The van der Waals surface area contributed by atoms with Crippen LogP contribution in [0.15, 0.2) is 0 Å². The molecule has 15 heavy (non-hydrogen) atoms. The van der Waals surface area contributed by atoms with Gasteiger partial charge in [-0.3, -0.25) is 4.90 Å². The highest BCUT2D eigenvalue weighted by Gasteiger charge is 2.23. The van der Waals surface area contributed by atoms with Gasteiger partial charge >= 0.3 is 0 Å². The van der Waals surface area contributed by atoms with Crippen LogP contribution in [0.3, 0.4) is 0 Å². The fourth-order valence-corrected chi connectivity index (χ4v) is 2.20. The van der Waals surface area contributed by atoms with Crippen molar-refractivity contribution < 1.29 is 9.84 Å². The molecule has 0 aromatic heterocycles. The smallest absolute Gasteiger partial charge is 0.0902 e. The number of nitrogens with zero attached hydrogens (tertiary/aromatic N) is 1. The van der Waals surface area contributed by atoms with Gasteiger partial charge in [-0.05, 0) is 19.4 Å². The Bertz CT molecular complexity index is 202. The largest absolute Gasteiger partial charge is 0.394 e. The van der Waals surface area contributed by atoms with E-state index in [0.29, 0.717) is 18.2 Å². The summed E-state index contributed by atoms with van der Waals surface area (Å²) in [6.45, 7) is 3.02. The lowest BCUT2D eigenvalue weighted by Crippen LogP contribution is -2.48. The summed E-state index contributed by atoms with van der Waals surface area (Å²) < 4.78 is 5.24. The molecular formula is C10H20N2O2S. The molecule has 88 valence electrons. The van der Waals surface area contributed by atoms with Crippen LogP contribution in [0.25, 0.3) is 0 Å². The van der Waals surface area contributed by atoms with Crippen molar-refractivity contribution >= 4 is 17.2 Å². The second kappa shape index (κ2) is 7.11. The van der Waals surface area contributed by atoms with Crippen LogP contribution in [-0.4, -0.2) is 53.9 Å². The van der Waals surface area contributed by atoms with Crippen molar-refractivity contribution in [3.8, 4) is 0 Å². The van der Waals surface area contributed by atoms with E-state index in [1.165, 1.54) is 12.8 Å². The van der Waals surface area contributed by atoms with Crippen LogP contribution in [0.5, 0.6) is 0 Å². The summed E-state index contributed by atoms with van der Waals surface area (Å²) in [6, 6.07) is 0.242. The molecule has 0 bridgehead atoms. The molecule has 1 heterocycles. The highest BCUT2D eigenvalue weighted by molar-refractivity contribution is 7.80. The summed E-state index contributed by atoms with van der Waals surface area (Å²) in [5, 5.41) is 8.56. The van der Waals surface area contributed by atoms with Crippen LogP contribution in [0.2, 0.25) is 0 Å². The molecule has 1 aliphatic heterocycles. The van der Waals surface area contributed by atoms with E-state index in [1.807, 2.05) is 0 Å². The van der Waals surface area contributed by atoms with E-state index in [0.717, 1.165) is 19.5 Å². The van der Waals surface area contributed by atoms with E-state index >= 15 is 0 Å². The third kappa shape index (κ3) is 4.42. The maximum absolute atomic E-state index is 8.56. The quantitative estimate of drug-likeness (QED) is 0.504. The fraction of sp³-hybridized carbons (Fsp3) is 0.900. The summed E-state index contributed by atoms with van der Waals surface area (Å²) in [7, 11) is 0. The van der Waals surface area contributed by atoms with Gasteiger partial charge in [-0.2, -0.15) is 0 Å². The number of piperidine rings is 1. The SMILES string of the molecule is NC(=S)C1CCCCN1CCOCCO. The number of aliphatic hydroxyl groups is 1. The van der Waals surface area contributed by atoms with Crippen molar-refractivity contribution in [3.63, 3.8) is 0 Å². The predicted molar refractivity (Wildman–Crippen MR) is 63.9 cm³/mol. The van der Waals surface area contributed by atoms with Crippen molar-refractivity contribution in [2.24, 2.45) is 5.73 Å². The Hall–Kier alpha value is -0.230. The van der Waals surface area contributed by atoms with Crippen molar-refractivity contribution in [1.82, 2.24) is 4.90 Å². The zero-order valence-corrected chi connectivity index (χ0v) is 9.84. The van der Waals surface area contributed by atoms with E-state index in [-0.39, 0.29) is 12.6 Å². The van der Waals surface area contributed by atoms with Gasteiger partial charge in [-0.1, -0.05) is 18.6 Å². The molecule has 1 saturated heterocycles. The van der Waals surface area contributed by atoms with Gasteiger partial charge in [0.2, 0.25) is 0 Å². The van der Waals surface area contributed by atoms with Crippen LogP contribution in [0, 0.1) is 0 Å². The van der Waals surface area contributed by atoms with Gasteiger partial charge < -0.3 is 15.6 Å². The molecule has 0 aromatic carbocycles. The van der Waals surface area contributed by atoms with Gasteiger partial charge in [0.15, 0.2) is 0 Å². The minimum Gasteiger partial charge on any atom is -0.394 e. The molecule has 3 N–H and O–H groups in total. The van der Waals surface area contributed by atoms with Gasteiger partial charge in [0.1, 0.15) is 0 Å². The van der Waals surface area contributed by atoms with Gasteiger partial charge in [-0.25, -0.2) is 0 Å². The number of hydrogen-bond donors (Lipinski definition) is 2. The maximum atomic E-state index is 8.56. The average Bonchev–Trinajstić information content (AvgIpc) is 2.25. The van der Waals surface area contributed by atoms with E-state index in [9.17, 15) is 0 Å². The molecule has 1 aliphatic rings. The third-order valence-electron chi connectivity index (χ3n) is 2.70. The minimum absolute atomic E-state index is 0.0821. The van der Waals surface area contributed by atoms with E-state index < -0.39 is 0 Å². The minimum atomic E-state index is 0.0821. The number of rotatable bonds is 6. The highest BCUT2D eigenvalue weighted by atomic mass is 32.1. The van der Waals surface area contributed by atoms with Crippen LogP contribution in [0.4, 0.5) is 0 Å². The molecule has 0 radical (unpaired) electrons. The fourth-order valence-electron chi connectivity index (χ4n) is 1.93. The van der Waals surface area contributed by atoms with E-state index in [1.54, 1.807) is 0 Å². The number of nitrogens with two attached hydrogens (primary N) is 1. The summed E-state index contributed by atoms with van der Waals surface area (Å²) in [5.41, 5.74) is 5.70. The summed E-state index contributed by atoms with van der Waals surface area (Å²) in [5.74, 6) is 0. The van der Waals surface area contributed by atoms with Gasteiger partial charge in [0.25, 0.3) is 0 Å². The lowest BCUT2D eigenvalue weighted by molar-refractivity contribution is 0.0635. The molecule has 1 rings (SSSR count). The summed E-state index contributed by atoms with van der Waals surface area (Å²) >= 11 is 5.05. The Kier molecular flexibility index (Phi) is 6.09. The first kappa shape index (κ1) is 12.8. The Labute approximate surface area is 96.4 Å². The van der Waals surface area contributed by atoms with Gasteiger partial charge in [0.05, 0.1) is 30.9 Å². The van der Waals surface area contributed by atoms with Crippen molar-refractivity contribution in [3.05, 3.63) is 0 Å². The Balaban J connectivity index is 2.26. The van der Waals surface area contributed by atoms with Crippen LogP contribution < -0.4 is 5.73 Å². The molecule has 1 fully saturated rings. The number of hydrogen-bond acceptors (Lipinski definition) is 4. The zero-order chi connectivity index (χ0) is 11.1. The molecule has 1 unspecified atom stereocenters. The molecule has 0 amide bonds. The third-order valence-corrected chi connectivity index (χ3v) is 2.97. The first-order chi connectivity index (χ1) is 7.25. The second-order valence-corrected chi connectivity index (χ2v) is 4.26. The monoisotopic (exact) mass is 232 g/mol. The van der Waals surface area contributed by atoms with Gasteiger partial charge in [0, 0.05) is 6.54 Å². The molecule has 0 saturated carbocycles. The molecular weight excluding hydrogens is 212 g/mol. The summed E-state index contributed by atoms with van der Waals surface area (Å²) in [4.78, 5) is 2.88. The molecule has 0 aromatic rings. The second-order valence-electron chi connectivity index (χ2n) is 3.79. The summed E-state index contributed by atoms with van der Waals surface area (Å²) in [6.07, 6.45) is 3.48. The van der Waals surface area contributed by atoms with E-state index in [4.69, 9.17) is 27.8 Å².